The van der Waals surface area contributed by atoms with Crippen molar-refractivity contribution in [2.75, 3.05) is 63.4 Å². The molecule has 2 aliphatic carbocycles. The number of methoxy groups -OCH3 is 8. The lowest BCUT2D eigenvalue weighted by Gasteiger charge is -2.28. The van der Waals surface area contributed by atoms with E-state index in [2.05, 4.69) is 50.3 Å². The van der Waals surface area contributed by atoms with Gasteiger partial charge in [0.2, 0.25) is 0 Å². The number of Topliss-reactive ketones (excluding diaryl/α,β-unsaturated/α-hetero) is 1. The number of esters is 2. The largest absolute Gasteiger partial charge is 0.496 e. The van der Waals surface area contributed by atoms with Gasteiger partial charge in [0, 0.05) is 101 Å². The maximum absolute atomic E-state index is 13.8. The number of aromatic carboxylic acids is 1. The number of aliphatic hydroxyl groups is 2. The van der Waals surface area contributed by atoms with Crippen LogP contribution < -0.4 is 39.0 Å². The van der Waals surface area contributed by atoms with Crippen molar-refractivity contribution < 1.29 is 86.0 Å². The summed E-state index contributed by atoms with van der Waals surface area (Å²) >= 11 is 15.2. The number of hydrogen-bond acceptors (Lipinski definition) is 22. The molecule has 1 aliphatic heterocycles. The molecule has 6 aromatic carbocycles. The van der Waals surface area contributed by atoms with E-state index in [0.29, 0.717) is 109 Å². The van der Waals surface area contributed by atoms with Crippen LogP contribution in [0.2, 0.25) is 10.0 Å². The van der Waals surface area contributed by atoms with E-state index in [1.807, 2.05) is 52.0 Å². The first-order chi connectivity index (χ1) is 56.0. The fourth-order valence-electron chi connectivity index (χ4n) is 12.0. The molecule has 6 heterocycles. The van der Waals surface area contributed by atoms with Crippen molar-refractivity contribution >= 4 is 69.0 Å². The molecule has 116 heavy (non-hydrogen) atoms. The Hall–Kier alpha value is -11.9. The molecule has 2 atom stereocenters. The molecule has 26 nitrogen and oxygen atoms in total. The number of nitrogens with two attached hydrogens (primary N) is 1. The monoisotopic (exact) mass is 1690 g/mol. The third kappa shape index (κ3) is 23.4. The number of benzene rings is 6. The van der Waals surface area contributed by atoms with E-state index < -0.39 is 28.8 Å². The molecule has 0 bridgehead atoms. The molecule has 608 valence electrons. The predicted octanol–water partition coefficient (Wildman–Crippen LogP) is 15.7. The van der Waals surface area contributed by atoms with Gasteiger partial charge in [0.15, 0.2) is 17.3 Å². The fraction of sp³-hybridized carbons (Fsp3) is 0.271. The standard InChI is InChI=1S/C30H29ClFN3O4.C17H18ClFN2O2.C13H14N2O3.C11H10N2O4.C10H11BrO3.C4H5N/c1-38-26-9-10-28(34-29(26)20-5-8-24(32)23(31)15-20)30(37,22-6-7-22)12-11-25(36)19-3-4-21(27(16-19)39-2)17-35-14-13-33-18-35;1-23-14-6-7-15(17(22,9-20)11-3-4-11)21-16(14)10-2-5-13(19)12(18)8-10;1-17-12-7-10(13(16)18-2)3-4-11(12)8-15-6-5-14-9-15;1-16-10-6-8(11(14)15)2-3-9(10)17-13-5-4-12-7-13;1-13-9-5-7(10(12)14-2)3-4-8(9)6-11;1-2-4-5-3-1/h3-5,8-10,13-16,18,22,37H,6-7,11-12,17H2,1-2H3;2,5-8,11,22H,3-4,9,20H2,1H3;3-7,9H,8H2,1-2H3;2-7H,1H3,(H,14,15);3-5H,6H2,1-2H3;1,3-4H,2H2. The molecule has 0 amide bonds. The number of aliphatic imine (C=N–C) groups is 1. The normalized spacial score (nSPS) is 13.2. The maximum atomic E-state index is 13.8. The summed E-state index contributed by atoms with van der Waals surface area (Å²) in [6, 6.07) is 35.8. The van der Waals surface area contributed by atoms with Crippen molar-refractivity contribution in [2.45, 2.75) is 74.6 Å². The Bertz CT molecular complexity index is 5180. The fourth-order valence-corrected chi connectivity index (χ4v) is 12.8. The van der Waals surface area contributed by atoms with E-state index in [9.17, 15) is 38.2 Å². The van der Waals surface area contributed by atoms with Crippen LogP contribution in [-0.4, -0.2) is 147 Å². The van der Waals surface area contributed by atoms with E-state index in [-0.39, 0.29) is 64.6 Å². The summed E-state index contributed by atoms with van der Waals surface area (Å²) in [4.78, 5) is 77.0. The highest BCUT2D eigenvalue weighted by Gasteiger charge is 2.47. The number of pyridine rings is 2. The summed E-state index contributed by atoms with van der Waals surface area (Å²) in [7, 11) is 11.9. The van der Waals surface area contributed by atoms with Gasteiger partial charge < -0.3 is 72.9 Å². The molecule has 0 saturated heterocycles. The average Bonchev–Trinajstić information content (AvgIpc) is 1.51. The first-order valence-electron chi connectivity index (χ1n) is 36.1. The number of alkyl halides is 1. The number of carboxylic acid groups (broad SMARTS) is 1. The average molecular weight is 1690 g/mol. The van der Waals surface area contributed by atoms with E-state index in [4.69, 9.17) is 72.3 Å². The van der Waals surface area contributed by atoms with Crippen molar-refractivity contribution in [2.24, 2.45) is 22.6 Å². The number of hydrogen-bond donors (Lipinski definition) is 4. The lowest BCUT2D eigenvalue weighted by Crippen LogP contribution is -2.38. The highest BCUT2D eigenvalue weighted by atomic mass is 79.9. The quantitative estimate of drug-likeness (QED) is 0.0211. The number of aromatic nitrogens is 8. The number of ether oxygens (including phenoxy) is 8. The molecular weight excluding hydrogens is 1610 g/mol. The molecule has 2 saturated carbocycles. The van der Waals surface area contributed by atoms with Gasteiger partial charge in [-0.05, 0) is 153 Å². The van der Waals surface area contributed by atoms with Gasteiger partial charge in [-0.3, -0.25) is 9.79 Å². The minimum atomic E-state index is -1.30. The molecular formula is C85H87BrCl2F2N10O16. The minimum Gasteiger partial charge on any atom is -0.496 e. The Morgan fingerprint density at radius 3 is 1.37 bits per heavy atom. The second kappa shape index (κ2) is 42.5. The summed E-state index contributed by atoms with van der Waals surface area (Å²) in [5, 5.41) is 32.2. The van der Waals surface area contributed by atoms with Crippen molar-refractivity contribution in [3.05, 3.63) is 274 Å². The molecule has 2 fully saturated rings. The smallest absolute Gasteiger partial charge is 0.337 e. The zero-order valence-electron chi connectivity index (χ0n) is 64.7. The number of carbonyl (C=O) groups is 4. The zero-order valence-corrected chi connectivity index (χ0v) is 67.8. The number of nitrogens with zero attached hydrogens (tertiary/aromatic N) is 9. The van der Waals surface area contributed by atoms with Crippen LogP contribution in [0.5, 0.6) is 40.2 Å². The number of ketones is 1. The van der Waals surface area contributed by atoms with Gasteiger partial charge in [-0.2, -0.15) is 4.73 Å². The first kappa shape index (κ1) is 88.1. The van der Waals surface area contributed by atoms with Gasteiger partial charge in [0.1, 0.15) is 69.3 Å². The molecule has 2 unspecified atom stereocenters. The van der Waals surface area contributed by atoms with E-state index in [1.54, 1.807) is 138 Å². The van der Waals surface area contributed by atoms with Gasteiger partial charge in [-0.25, -0.2) is 48.1 Å². The molecule has 0 radical (unpaired) electrons. The Morgan fingerprint density at radius 1 is 0.526 bits per heavy atom. The van der Waals surface area contributed by atoms with E-state index >= 15 is 0 Å². The lowest BCUT2D eigenvalue weighted by atomic mass is 9.86. The minimum absolute atomic E-state index is 0.00744. The van der Waals surface area contributed by atoms with Gasteiger partial charge in [-0.15, -0.1) is 0 Å². The third-order valence-corrected chi connectivity index (χ3v) is 19.8. The highest BCUT2D eigenvalue weighted by molar-refractivity contribution is 9.08. The summed E-state index contributed by atoms with van der Waals surface area (Å²) in [5.41, 5.74) is 10.9. The molecule has 14 rings (SSSR count). The van der Waals surface area contributed by atoms with Crippen LogP contribution in [0.3, 0.4) is 0 Å². The Balaban J connectivity index is 0.000000172. The number of halogens is 5. The highest BCUT2D eigenvalue weighted by Crippen LogP contribution is 2.50. The summed E-state index contributed by atoms with van der Waals surface area (Å²) in [5.74, 6) is 0.949. The van der Waals surface area contributed by atoms with Crippen LogP contribution in [0.15, 0.2) is 207 Å². The maximum Gasteiger partial charge on any atom is 0.337 e. The van der Waals surface area contributed by atoms with Crippen molar-refractivity contribution in [3.63, 3.8) is 0 Å². The summed E-state index contributed by atoms with van der Waals surface area (Å²) in [6.07, 6.45) is 25.9. The van der Waals surface area contributed by atoms with Gasteiger partial charge in [0.25, 0.3) is 0 Å². The van der Waals surface area contributed by atoms with Crippen LogP contribution >= 0.6 is 39.1 Å². The molecule has 5 aromatic heterocycles. The third-order valence-electron chi connectivity index (χ3n) is 18.6. The van der Waals surface area contributed by atoms with Gasteiger partial charge in [0.05, 0.1) is 127 Å². The van der Waals surface area contributed by atoms with Crippen LogP contribution in [0.4, 0.5) is 8.78 Å². The summed E-state index contributed by atoms with van der Waals surface area (Å²) in [6.45, 7) is 1.31. The summed E-state index contributed by atoms with van der Waals surface area (Å²) < 4.78 is 73.5. The Morgan fingerprint density at radius 2 is 0.966 bits per heavy atom. The van der Waals surface area contributed by atoms with Crippen LogP contribution in [-0.2, 0) is 39.1 Å². The predicted molar refractivity (Wildman–Crippen MR) is 436 cm³/mol. The van der Waals surface area contributed by atoms with Gasteiger partial charge >= 0.3 is 17.9 Å². The van der Waals surface area contributed by atoms with Crippen LogP contribution in [0.25, 0.3) is 22.5 Å². The zero-order chi connectivity index (χ0) is 83.5. The lowest BCUT2D eigenvalue weighted by molar-refractivity contribution is -0.00111. The number of rotatable bonds is 27. The van der Waals surface area contributed by atoms with Crippen molar-refractivity contribution in [1.29, 1.82) is 0 Å². The topological polar surface area (TPSA) is 330 Å². The van der Waals surface area contributed by atoms with E-state index in [0.717, 1.165) is 48.8 Å². The number of imidazole rings is 3. The van der Waals surface area contributed by atoms with Crippen LogP contribution in [0.1, 0.15) is 114 Å². The number of carboxylic acids is 1. The first-order valence-corrected chi connectivity index (χ1v) is 38.0. The SMILES string of the molecule is C1=CN=CC1.COC(=O)c1ccc(CBr)c(OC)c1.COC(=O)c1ccc(Cn2ccnc2)c(OC)c1.COc1cc(C(=O)CCC(O)(c2ccc(OC)c(-c3ccc(F)c(Cl)c3)n2)C2CC2)ccc1Cn1ccnc1.COc1cc(C(=O)O)ccc1On1ccnc1.COc1ccc(C(O)(CN)C2CC2)nc1-c1ccc(F)c(Cl)c1. The van der Waals surface area contributed by atoms with Gasteiger partial charge in [-0.1, -0.05) is 69.5 Å². The van der Waals surface area contributed by atoms with Crippen molar-refractivity contribution in [3.8, 4) is 62.8 Å². The Labute approximate surface area is 687 Å². The Kier molecular flexibility index (Phi) is 32.3. The second-order valence-corrected chi connectivity index (χ2v) is 27.5. The molecule has 0 spiro atoms. The number of carbonyl (C=O) groups excluding carboxylic acids is 3. The van der Waals surface area contributed by atoms with Crippen LogP contribution in [0, 0.1) is 23.5 Å². The molecule has 5 N–H and O–H groups in total. The molecule has 31 heteroatoms. The van der Waals surface area contributed by atoms with E-state index in [1.165, 1.54) is 89.1 Å². The molecule has 3 aliphatic rings. The second-order valence-electron chi connectivity index (χ2n) is 26.1. The van der Waals surface area contributed by atoms with Crippen molar-refractivity contribution in [1.82, 2.24) is 38.8 Å². The molecule has 11 aromatic rings. The number of allylic oxidation sites excluding steroid dienone is 1.